The minimum absolute atomic E-state index is 0.0145. The number of benzene rings is 2. The Balaban J connectivity index is 1.34. The van der Waals surface area contributed by atoms with Crippen molar-refractivity contribution >= 4 is 23.5 Å². The summed E-state index contributed by atoms with van der Waals surface area (Å²) in [5, 5.41) is 4.04. The summed E-state index contributed by atoms with van der Waals surface area (Å²) >= 11 is 1.63. The standard InChI is InChI=1S/C26H30N4OS/c1-20-8-5-13-23(18-20)32-26-24(27-15-16-29-26)30-17-7-12-22(19-30)25(31)28-14-6-11-21-9-3-2-4-10-21/h2-5,8-10,13,15-16,18,22H,6-7,11-12,14,17,19H2,1H3,(H,28,31)/t22-/m0/s1. The summed E-state index contributed by atoms with van der Waals surface area (Å²) in [7, 11) is 0. The monoisotopic (exact) mass is 446 g/mol. The highest BCUT2D eigenvalue weighted by Gasteiger charge is 2.28. The SMILES string of the molecule is Cc1cccc(Sc2nccnc2N2CCC[C@H](C(=O)NCCCc3ccccc3)C2)c1. The number of aryl methyl sites for hydroxylation is 2. The van der Waals surface area contributed by atoms with Crippen molar-refractivity contribution in [1.29, 1.82) is 0 Å². The number of nitrogens with one attached hydrogen (secondary N) is 1. The highest BCUT2D eigenvalue weighted by atomic mass is 32.2. The third-order valence-electron chi connectivity index (χ3n) is 5.73. The van der Waals surface area contributed by atoms with Crippen LogP contribution in [0.15, 0.2) is 76.9 Å². The number of amides is 1. The summed E-state index contributed by atoms with van der Waals surface area (Å²) < 4.78 is 0. The summed E-state index contributed by atoms with van der Waals surface area (Å²) in [4.78, 5) is 25.4. The smallest absolute Gasteiger partial charge is 0.224 e. The zero-order chi connectivity index (χ0) is 22.2. The molecule has 0 aliphatic carbocycles. The van der Waals surface area contributed by atoms with Crippen molar-refractivity contribution in [3.8, 4) is 0 Å². The molecular formula is C26H30N4OS. The maximum Gasteiger partial charge on any atom is 0.224 e. The van der Waals surface area contributed by atoms with E-state index in [1.807, 2.05) is 6.07 Å². The van der Waals surface area contributed by atoms with Crippen LogP contribution in [0.3, 0.4) is 0 Å². The van der Waals surface area contributed by atoms with Gasteiger partial charge in [-0.3, -0.25) is 4.79 Å². The van der Waals surface area contributed by atoms with Crippen LogP contribution in [0, 0.1) is 12.8 Å². The van der Waals surface area contributed by atoms with Gasteiger partial charge in [-0.05, 0) is 50.3 Å². The Kier molecular flexibility index (Phi) is 7.77. The molecule has 0 unspecified atom stereocenters. The van der Waals surface area contributed by atoms with E-state index in [0.717, 1.165) is 48.0 Å². The number of anilines is 1. The lowest BCUT2D eigenvalue weighted by Crippen LogP contribution is -2.43. The summed E-state index contributed by atoms with van der Waals surface area (Å²) in [6.45, 7) is 4.39. The number of hydrogen-bond acceptors (Lipinski definition) is 5. The molecule has 1 atom stereocenters. The van der Waals surface area contributed by atoms with Gasteiger partial charge >= 0.3 is 0 Å². The predicted octanol–water partition coefficient (Wildman–Crippen LogP) is 4.90. The van der Waals surface area contributed by atoms with E-state index in [4.69, 9.17) is 0 Å². The van der Waals surface area contributed by atoms with Crippen molar-refractivity contribution in [3.63, 3.8) is 0 Å². The van der Waals surface area contributed by atoms with Gasteiger partial charge in [0.05, 0.1) is 5.92 Å². The molecule has 3 aromatic rings. The molecule has 32 heavy (non-hydrogen) atoms. The predicted molar refractivity (Wildman–Crippen MR) is 130 cm³/mol. The van der Waals surface area contributed by atoms with Crippen LogP contribution in [0.25, 0.3) is 0 Å². The molecule has 1 amide bonds. The van der Waals surface area contributed by atoms with Crippen molar-refractivity contribution in [1.82, 2.24) is 15.3 Å². The Morgan fingerprint density at radius 2 is 1.97 bits per heavy atom. The Morgan fingerprint density at radius 1 is 1.12 bits per heavy atom. The Morgan fingerprint density at radius 3 is 2.81 bits per heavy atom. The fraction of sp³-hybridized carbons (Fsp3) is 0.346. The van der Waals surface area contributed by atoms with Gasteiger partial charge in [-0.1, -0.05) is 59.8 Å². The van der Waals surface area contributed by atoms with Crippen LogP contribution in [0.4, 0.5) is 5.82 Å². The van der Waals surface area contributed by atoms with Gasteiger partial charge in [0.15, 0.2) is 5.82 Å². The third kappa shape index (κ3) is 6.10. The van der Waals surface area contributed by atoms with E-state index in [-0.39, 0.29) is 11.8 Å². The van der Waals surface area contributed by atoms with Crippen LogP contribution in [-0.4, -0.2) is 35.5 Å². The fourth-order valence-electron chi connectivity index (χ4n) is 4.07. The minimum atomic E-state index is -0.0145. The first-order valence-electron chi connectivity index (χ1n) is 11.3. The number of carbonyl (C=O) groups excluding carboxylic acids is 1. The molecule has 5 nitrogen and oxygen atoms in total. The lowest BCUT2D eigenvalue weighted by atomic mass is 9.97. The van der Waals surface area contributed by atoms with Crippen LogP contribution in [-0.2, 0) is 11.2 Å². The van der Waals surface area contributed by atoms with Crippen molar-refractivity contribution in [3.05, 3.63) is 78.1 Å². The van der Waals surface area contributed by atoms with Gasteiger partial charge in [0.1, 0.15) is 5.03 Å². The molecule has 1 saturated heterocycles. The quantitative estimate of drug-likeness (QED) is 0.499. The van der Waals surface area contributed by atoms with Gasteiger partial charge in [-0.2, -0.15) is 0 Å². The summed E-state index contributed by atoms with van der Waals surface area (Å²) in [6, 6.07) is 18.8. The molecule has 0 saturated carbocycles. The first-order valence-corrected chi connectivity index (χ1v) is 12.1. The molecule has 0 bridgehead atoms. The van der Waals surface area contributed by atoms with Crippen LogP contribution in [0.2, 0.25) is 0 Å². The topological polar surface area (TPSA) is 58.1 Å². The highest BCUT2D eigenvalue weighted by molar-refractivity contribution is 7.99. The van der Waals surface area contributed by atoms with Crippen molar-refractivity contribution in [2.24, 2.45) is 5.92 Å². The van der Waals surface area contributed by atoms with E-state index in [0.29, 0.717) is 13.1 Å². The van der Waals surface area contributed by atoms with Crippen molar-refractivity contribution in [2.45, 2.75) is 42.5 Å². The van der Waals surface area contributed by atoms with Gasteiger partial charge in [-0.25, -0.2) is 9.97 Å². The van der Waals surface area contributed by atoms with Gasteiger partial charge in [0, 0.05) is 36.9 Å². The van der Waals surface area contributed by atoms with Crippen LogP contribution in [0.1, 0.15) is 30.4 Å². The Hall–Kier alpha value is -2.86. The second-order valence-corrected chi connectivity index (χ2v) is 9.33. The van der Waals surface area contributed by atoms with Gasteiger partial charge < -0.3 is 10.2 Å². The van der Waals surface area contributed by atoms with E-state index in [9.17, 15) is 4.79 Å². The summed E-state index contributed by atoms with van der Waals surface area (Å²) in [5.41, 5.74) is 2.54. The van der Waals surface area contributed by atoms with E-state index in [1.54, 1.807) is 24.2 Å². The molecule has 2 aromatic carbocycles. The summed E-state index contributed by atoms with van der Waals surface area (Å²) in [5.74, 6) is 1.01. The maximum absolute atomic E-state index is 12.8. The lowest BCUT2D eigenvalue weighted by molar-refractivity contribution is -0.125. The third-order valence-corrected chi connectivity index (χ3v) is 6.70. The average Bonchev–Trinajstić information content (AvgIpc) is 2.83. The molecule has 1 aliphatic rings. The molecule has 1 fully saturated rings. The van der Waals surface area contributed by atoms with E-state index < -0.39 is 0 Å². The van der Waals surface area contributed by atoms with Crippen molar-refractivity contribution in [2.75, 3.05) is 24.5 Å². The molecule has 0 radical (unpaired) electrons. The fourth-order valence-corrected chi connectivity index (χ4v) is 5.08. The molecule has 2 heterocycles. The lowest BCUT2D eigenvalue weighted by Gasteiger charge is -2.33. The number of aromatic nitrogens is 2. The number of piperidine rings is 1. The maximum atomic E-state index is 12.8. The zero-order valence-corrected chi connectivity index (χ0v) is 19.4. The number of hydrogen-bond donors (Lipinski definition) is 1. The molecule has 1 aromatic heterocycles. The molecule has 1 aliphatic heterocycles. The van der Waals surface area contributed by atoms with E-state index >= 15 is 0 Å². The number of carbonyl (C=O) groups is 1. The first kappa shape index (κ1) is 22.3. The minimum Gasteiger partial charge on any atom is -0.356 e. The number of nitrogens with zero attached hydrogens (tertiary/aromatic N) is 3. The molecule has 0 spiro atoms. The molecule has 6 heteroatoms. The van der Waals surface area contributed by atoms with Crippen LogP contribution >= 0.6 is 11.8 Å². The first-order chi connectivity index (χ1) is 15.7. The average molecular weight is 447 g/mol. The Labute approximate surface area is 194 Å². The van der Waals surface area contributed by atoms with Crippen LogP contribution in [0.5, 0.6) is 0 Å². The molecule has 1 N–H and O–H groups in total. The second-order valence-electron chi connectivity index (χ2n) is 8.27. The highest BCUT2D eigenvalue weighted by Crippen LogP contribution is 2.34. The normalized spacial score (nSPS) is 16.0. The van der Waals surface area contributed by atoms with Gasteiger partial charge in [0.25, 0.3) is 0 Å². The van der Waals surface area contributed by atoms with Crippen molar-refractivity contribution < 1.29 is 4.79 Å². The van der Waals surface area contributed by atoms with E-state index in [1.165, 1.54) is 11.1 Å². The van der Waals surface area contributed by atoms with Crippen LogP contribution < -0.4 is 10.2 Å². The molecule has 166 valence electrons. The zero-order valence-electron chi connectivity index (χ0n) is 18.5. The summed E-state index contributed by atoms with van der Waals surface area (Å²) in [6.07, 6.45) is 7.31. The largest absolute Gasteiger partial charge is 0.356 e. The second kappa shape index (κ2) is 11.1. The van der Waals surface area contributed by atoms with E-state index in [2.05, 4.69) is 75.6 Å². The Bertz CT molecular complexity index is 1030. The molecule has 4 rings (SSSR count). The van der Waals surface area contributed by atoms with Gasteiger partial charge in [0.2, 0.25) is 5.91 Å². The van der Waals surface area contributed by atoms with Gasteiger partial charge in [-0.15, -0.1) is 0 Å². The number of rotatable bonds is 8. The molecular weight excluding hydrogens is 416 g/mol.